The lowest BCUT2D eigenvalue weighted by Gasteiger charge is -2.43. The van der Waals surface area contributed by atoms with E-state index >= 15 is 0 Å². The van der Waals surface area contributed by atoms with Crippen LogP contribution >= 0.6 is 8.15 Å². The predicted octanol–water partition coefficient (Wildman–Crippen LogP) is 5.01. The van der Waals surface area contributed by atoms with Crippen molar-refractivity contribution in [2.45, 2.75) is 118 Å². The second-order valence-electron chi connectivity index (χ2n) is 17.3. The van der Waals surface area contributed by atoms with Crippen LogP contribution in [0, 0.1) is 5.41 Å². The van der Waals surface area contributed by atoms with Crippen LogP contribution in [0.25, 0.3) is 0 Å². The fourth-order valence-electron chi connectivity index (χ4n) is 5.32. The number of rotatable bonds is 27. The first-order valence-corrected chi connectivity index (χ1v) is 20.7. The van der Waals surface area contributed by atoms with Crippen molar-refractivity contribution in [3.05, 3.63) is 36.5 Å². The number of ether oxygens (including phenoxy) is 5. The third-order valence-electron chi connectivity index (χ3n) is 8.72. The maximum Gasteiger partial charge on any atom is 0.333 e. The Morgan fingerprint density at radius 3 is 1.49 bits per heavy atom. The Hall–Kier alpha value is -3.65. The summed E-state index contributed by atoms with van der Waals surface area (Å²) < 4.78 is 34.3. The van der Waals surface area contributed by atoms with Gasteiger partial charge in [0.2, 0.25) is 0 Å². The molecule has 3 amide bonds. The van der Waals surface area contributed by atoms with Gasteiger partial charge >= 0.3 is 17.9 Å². The highest BCUT2D eigenvalue weighted by atomic mass is 31.1. The zero-order valence-electron chi connectivity index (χ0n) is 37.0. The standard InChI is InChI=1S/C41H70N3O12P/c1-18-41(26-51-23-37(8,9)42-31(45)19-52-34(48)28(2)3,27-57(17)56-24-38(10,11)43-32(46)20-53-35(49)29(4)5)22-40(14,15)55-25-39(12,13)44(16)33(47)21-54-36(50)30(6)7/h2,4,6,18-27H2,1,3,5,7-17H3,(H,42,45)(H,43,46). The molecule has 0 fully saturated rings. The van der Waals surface area contributed by atoms with E-state index in [1.54, 1.807) is 20.9 Å². The lowest BCUT2D eigenvalue weighted by Crippen LogP contribution is -2.52. The summed E-state index contributed by atoms with van der Waals surface area (Å²) >= 11 is 0. The molecule has 0 saturated heterocycles. The van der Waals surface area contributed by atoms with E-state index in [9.17, 15) is 28.8 Å². The number of amides is 3. The van der Waals surface area contributed by atoms with Crippen LogP contribution in [0.5, 0.6) is 0 Å². The maximum absolute atomic E-state index is 12.9. The molecule has 0 aliphatic rings. The average molecular weight is 828 g/mol. The van der Waals surface area contributed by atoms with Crippen LogP contribution in [0.2, 0.25) is 0 Å². The van der Waals surface area contributed by atoms with Crippen molar-refractivity contribution in [2.24, 2.45) is 5.41 Å². The molecule has 15 nitrogen and oxygen atoms in total. The number of nitrogens with zero attached hydrogens (tertiary/aromatic N) is 1. The molecule has 0 saturated carbocycles. The average Bonchev–Trinajstić information content (AvgIpc) is 3.08. The molecule has 2 atom stereocenters. The predicted molar refractivity (Wildman–Crippen MR) is 220 cm³/mol. The Morgan fingerprint density at radius 1 is 0.649 bits per heavy atom. The molecule has 0 bridgehead atoms. The van der Waals surface area contributed by atoms with E-state index in [2.05, 4.69) is 37.3 Å². The summed E-state index contributed by atoms with van der Waals surface area (Å²) in [7, 11) is 0.534. The van der Waals surface area contributed by atoms with Crippen LogP contribution in [0.1, 0.15) is 95.9 Å². The third kappa shape index (κ3) is 21.6. The number of carbonyl (C=O) groups is 6. The first kappa shape index (κ1) is 53.4. The van der Waals surface area contributed by atoms with Crippen molar-refractivity contribution in [3.63, 3.8) is 0 Å². The lowest BCUT2D eigenvalue weighted by molar-refractivity contribution is -0.154. The highest BCUT2D eigenvalue weighted by Gasteiger charge is 2.40. The van der Waals surface area contributed by atoms with Gasteiger partial charge in [-0.3, -0.25) is 14.4 Å². The van der Waals surface area contributed by atoms with Gasteiger partial charge in [-0.2, -0.15) is 0 Å². The van der Waals surface area contributed by atoms with Crippen molar-refractivity contribution in [1.29, 1.82) is 0 Å². The number of carbonyl (C=O) groups excluding carboxylic acids is 6. The summed E-state index contributed by atoms with van der Waals surface area (Å²) in [6.45, 7) is 33.5. The number of esters is 3. The Kier molecular flexibility index (Phi) is 21.6. The molecule has 0 aliphatic carbocycles. The molecule has 0 heterocycles. The van der Waals surface area contributed by atoms with Gasteiger partial charge in [-0.25, -0.2) is 14.4 Å². The Labute approximate surface area is 341 Å². The van der Waals surface area contributed by atoms with Crippen molar-refractivity contribution >= 4 is 43.8 Å². The number of hydrogen-bond acceptors (Lipinski definition) is 12. The molecular weight excluding hydrogens is 757 g/mol. The van der Waals surface area contributed by atoms with Crippen LogP contribution in [-0.4, -0.2) is 129 Å². The zero-order valence-corrected chi connectivity index (χ0v) is 37.9. The molecule has 0 rings (SSSR count). The van der Waals surface area contributed by atoms with Gasteiger partial charge < -0.3 is 43.7 Å². The number of hydrogen-bond donors (Lipinski definition) is 2. The molecule has 0 radical (unpaired) electrons. The second kappa shape index (κ2) is 23.1. The summed E-state index contributed by atoms with van der Waals surface area (Å²) in [4.78, 5) is 74.8. The molecular formula is C41H70N3O12P. The topological polar surface area (TPSA) is 185 Å². The van der Waals surface area contributed by atoms with Gasteiger partial charge in [0.05, 0.1) is 48.6 Å². The maximum atomic E-state index is 12.9. The zero-order chi connectivity index (χ0) is 44.6. The van der Waals surface area contributed by atoms with Gasteiger partial charge in [-0.1, -0.05) is 26.7 Å². The third-order valence-corrected chi connectivity index (χ3v) is 10.4. The smallest absolute Gasteiger partial charge is 0.333 e. The summed E-state index contributed by atoms with van der Waals surface area (Å²) in [5, 5.41) is 5.69. The van der Waals surface area contributed by atoms with Crippen molar-refractivity contribution in [2.75, 3.05) is 66.1 Å². The van der Waals surface area contributed by atoms with Gasteiger partial charge in [-0.05, 0) is 102 Å². The first-order chi connectivity index (χ1) is 25.9. The fraction of sp³-hybridized carbons (Fsp3) is 0.707. The van der Waals surface area contributed by atoms with Crippen molar-refractivity contribution in [3.8, 4) is 0 Å². The molecule has 2 unspecified atom stereocenters. The number of nitrogens with one attached hydrogen (secondary N) is 2. The van der Waals surface area contributed by atoms with E-state index in [-0.39, 0.29) is 43.1 Å². The van der Waals surface area contributed by atoms with Gasteiger partial charge in [0, 0.05) is 37.3 Å². The fourth-order valence-corrected chi connectivity index (χ4v) is 7.33. The van der Waals surface area contributed by atoms with Crippen molar-refractivity contribution in [1.82, 2.24) is 15.5 Å². The van der Waals surface area contributed by atoms with E-state index in [1.807, 2.05) is 48.2 Å². The van der Waals surface area contributed by atoms with Crippen LogP contribution in [0.4, 0.5) is 0 Å². The van der Waals surface area contributed by atoms with E-state index in [0.29, 0.717) is 19.0 Å². The first-order valence-electron chi connectivity index (χ1n) is 18.8. The SMILES string of the molecule is C=C(C)C(=O)OCC(=O)NC(C)(C)COCC(CC)(CP(C)OCC(C)(C)NC(=O)COC(=O)C(=C)C)CC(C)(C)OCC(C)(C)N(C)C(=O)COC(=O)C(=C)C. The van der Waals surface area contributed by atoms with Crippen molar-refractivity contribution < 1.29 is 57.0 Å². The molecule has 16 heteroatoms. The minimum Gasteiger partial charge on any atom is -0.452 e. The van der Waals surface area contributed by atoms with Gasteiger partial charge in [0.1, 0.15) is 0 Å². The molecule has 326 valence electrons. The molecule has 0 aromatic rings. The molecule has 0 spiro atoms. The highest BCUT2D eigenvalue weighted by Crippen LogP contribution is 2.46. The Morgan fingerprint density at radius 2 is 1.07 bits per heavy atom. The van der Waals surface area contributed by atoms with E-state index in [4.69, 9.17) is 28.2 Å². The Bertz CT molecular complexity index is 1470. The second-order valence-corrected chi connectivity index (χ2v) is 19.2. The van der Waals surface area contributed by atoms with Crippen LogP contribution in [0.3, 0.4) is 0 Å². The van der Waals surface area contributed by atoms with Gasteiger partial charge in [-0.15, -0.1) is 0 Å². The minimum atomic E-state index is -1.09. The lowest BCUT2D eigenvalue weighted by atomic mass is 9.78. The minimum absolute atomic E-state index is 0.142. The summed E-state index contributed by atoms with van der Waals surface area (Å²) in [5.74, 6) is -3.30. The van der Waals surface area contributed by atoms with Gasteiger partial charge in [0.15, 0.2) is 19.8 Å². The summed E-state index contributed by atoms with van der Waals surface area (Å²) in [5.41, 5.74) is -3.00. The summed E-state index contributed by atoms with van der Waals surface area (Å²) in [6.07, 6.45) is 1.78. The molecule has 2 N–H and O–H groups in total. The largest absolute Gasteiger partial charge is 0.452 e. The van der Waals surface area contributed by atoms with Crippen LogP contribution in [-0.2, 0) is 57.0 Å². The highest BCUT2D eigenvalue weighted by molar-refractivity contribution is 7.51. The Balaban J connectivity index is 6.01. The quantitative estimate of drug-likeness (QED) is 0.0489. The molecule has 0 aliphatic heterocycles. The molecule has 0 aromatic carbocycles. The normalized spacial score (nSPS) is 13.6. The van der Waals surface area contributed by atoms with Gasteiger partial charge in [0.25, 0.3) is 17.7 Å². The van der Waals surface area contributed by atoms with E-state index in [0.717, 1.165) is 0 Å². The molecule has 0 aromatic heterocycles. The monoisotopic (exact) mass is 827 g/mol. The van der Waals surface area contributed by atoms with E-state index < -0.39 is 91.2 Å². The number of likely N-dealkylation sites (N-methyl/N-ethyl adjacent to an activating group) is 1. The summed E-state index contributed by atoms with van der Waals surface area (Å²) in [6, 6.07) is 0. The molecule has 57 heavy (non-hydrogen) atoms. The van der Waals surface area contributed by atoms with Crippen LogP contribution < -0.4 is 10.6 Å². The van der Waals surface area contributed by atoms with E-state index in [1.165, 1.54) is 25.7 Å². The van der Waals surface area contributed by atoms with Crippen LogP contribution in [0.15, 0.2) is 36.5 Å².